The van der Waals surface area contributed by atoms with Crippen molar-refractivity contribution < 1.29 is 14.4 Å². The number of carbonyl (C=O) groups is 3. The standard InChI is InChI=1S/C19H16BrCl2N5O3S/c1-2-26-18(30)15(7-16(28)24-14-5-12(21)4-13(22)6-14)27(19(26)31)25-17(29)10-3-11(20)9-23-8-10/h3-6,8-9,15H,2,7H2,1H3,(H,24,28)(H,25,29)/t15-/m0/s1. The van der Waals surface area contributed by atoms with Gasteiger partial charge in [-0.1, -0.05) is 23.2 Å². The molecule has 162 valence electrons. The van der Waals surface area contributed by atoms with E-state index in [1.807, 2.05) is 0 Å². The zero-order chi connectivity index (χ0) is 22.7. The highest BCUT2D eigenvalue weighted by molar-refractivity contribution is 9.10. The third-order valence-electron chi connectivity index (χ3n) is 4.33. The zero-order valence-electron chi connectivity index (χ0n) is 16.1. The predicted molar refractivity (Wildman–Crippen MR) is 125 cm³/mol. The van der Waals surface area contributed by atoms with E-state index >= 15 is 0 Å². The highest BCUT2D eigenvalue weighted by Crippen LogP contribution is 2.24. The van der Waals surface area contributed by atoms with Gasteiger partial charge in [0.15, 0.2) is 5.11 Å². The molecule has 3 rings (SSSR count). The maximum atomic E-state index is 12.8. The number of pyridine rings is 1. The Morgan fingerprint density at radius 1 is 1.19 bits per heavy atom. The van der Waals surface area contributed by atoms with Crippen molar-refractivity contribution in [1.29, 1.82) is 0 Å². The first-order valence-electron chi connectivity index (χ1n) is 9.01. The van der Waals surface area contributed by atoms with Crippen molar-refractivity contribution in [2.75, 3.05) is 11.9 Å². The molecule has 1 atom stereocenters. The highest BCUT2D eigenvalue weighted by atomic mass is 79.9. The predicted octanol–water partition coefficient (Wildman–Crippen LogP) is 3.64. The van der Waals surface area contributed by atoms with Gasteiger partial charge in [-0.3, -0.25) is 29.7 Å². The van der Waals surface area contributed by atoms with Crippen LogP contribution < -0.4 is 10.7 Å². The van der Waals surface area contributed by atoms with Gasteiger partial charge in [0.2, 0.25) is 5.91 Å². The summed E-state index contributed by atoms with van der Waals surface area (Å²) < 4.78 is 0.617. The smallest absolute Gasteiger partial charge is 0.271 e. The van der Waals surface area contributed by atoms with Crippen LogP contribution in [-0.4, -0.2) is 50.3 Å². The van der Waals surface area contributed by atoms with Crippen LogP contribution >= 0.6 is 51.3 Å². The number of rotatable bonds is 6. The van der Waals surface area contributed by atoms with Crippen molar-refractivity contribution in [2.45, 2.75) is 19.4 Å². The van der Waals surface area contributed by atoms with Crippen molar-refractivity contribution in [3.8, 4) is 0 Å². The lowest BCUT2D eigenvalue weighted by atomic mass is 10.2. The number of aromatic nitrogens is 1. The van der Waals surface area contributed by atoms with E-state index in [1.165, 1.54) is 40.5 Å². The molecule has 1 saturated heterocycles. The number of nitrogens with zero attached hydrogens (tertiary/aromatic N) is 3. The topological polar surface area (TPSA) is 94.6 Å². The van der Waals surface area contributed by atoms with E-state index in [2.05, 4.69) is 31.7 Å². The molecule has 0 unspecified atom stereocenters. The molecule has 31 heavy (non-hydrogen) atoms. The molecule has 0 saturated carbocycles. The molecule has 1 aliphatic heterocycles. The van der Waals surface area contributed by atoms with E-state index in [0.717, 1.165) is 0 Å². The maximum Gasteiger partial charge on any atom is 0.271 e. The number of hydrazine groups is 1. The van der Waals surface area contributed by atoms with E-state index in [4.69, 9.17) is 35.4 Å². The molecule has 12 heteroatoms. The van der Waals surface area contributed by atoms with E-state index in [9.17, 15) is 14.4 Å². The van der Waals surface area contributed by atoms with E-state index in [1.54, 1.807) is 13.0 Å². The number of benzene rings is 1. The average Bonchev–Trinajstić information content (AvgIpc) is 2.90. The molecule has 0 bridgehead atoms. The van der Waals surface area contributed by atoms with Gasteiger partial charge in [-0.25, -0.2) is 5.01 Å². The first-order chi connectivity index (χ1) is 14.7. The summed E-state index contributed by atoms with van der Waals surface area (Å²) in [6.45, 7) is 2.04. The summed E-state index contributed by atoms with van der Waals surface area (Å²) in [5, 5.41) is 4.70. The van der Waals surface area contributed by atoms with Gasteiger partial charge in [0.05, 0.1) is 12.0 Å². The molecule has 1 aromatic heterocycles. The Labute approximate surface area is 202 Å². The van der Waals surface area contributed by atoms with Crippen LogP contribution in [0.4, 0.5) is 5.69 Å². The molecule has 0 spiro atoms. The third-order valence-corrected chi connectivity index (χ3v) is 5.62. The molecule has 1 aromatic carbocycles. The molecule has 0 radical (unpaired) electrons. The van der Waals surface area contributed by atoms with Gasteiger partial charge in [0.25, 0.3) is 11.8 Å². The Bertz CT molecular complexity index is 1050. The molecule has 2 N–H and O–H groups in total. The van der Waals surface area contributed by atoms with Gasteiger partial charge < -0.3 is 5.32 Å². The Kier molecular flexibility index (Phi) is 7.47. The van der Waals surface area contributed by atoms with Crippen LogP contribution in [0.3, 0.4) is 0 Å². The van der Waals surface area contributed by atoms with E-state index in [-0.39, 0.29) is 23.0 Å². The van der Waals surface area contributed by atoms with E-state index < -0.39 is 17.9 Å². The minimum atomic E-state index is -1.01. The number of likely N-dealkylation sites (N-methyl/N-ethyl adjacent to an activating group) is 1. The number of anilines is 1. The fraction of sp³-hybridized carbons (Fsp3) is 0.211. The van der Waals surface area contributed by atoms with Gasteiger partial charge >= 0.3 is 0 Å². The second kappa shape index (κ2) is 9.90. The molecule has 2 heterocycles. The average molecular weight is 545 g/mol. The Hall–Kier alpha value is -2.27. The summed E-state index contributed by atoms with van der Waals surface area (Å²) in [5.74, 6) is -1.38. The number of hydrogen-bond donors (Lipinski definition) is 2. The fourth-order valence-electron chi connectivity index (χ4n) is 2.97. The molecule has 3 amide bonds. The van der Waals surface area contributed by atoms with Gasteiger partial charge in [0, 0.05) is 39.1 Å². The van der Waals surface area contributed by atoms with Crippen molar-refractivity contribution in [3.05, 3.63) is 56.7 Å². The maximum absolute atomic E-state index is 12.8. The molecule has 8 nitrogen and oxygen atoms in total. The summed E-state index contributed by atoms with van der Waals surface area (Å²) in [7, 11) is 0. The number of halogens is 3. The number of carbonyl (C=O) groups excluding carboxylic acids is 3. The molecular formula is C19H16BrCl2N5O3S. The van der Waals surface area contributed by atoms with Crippen LogP contribution in [0.5, 0.6) is 0 Å². The van der Waals surface area contributed by atoms with Crippen LogP contribution in [0.15, 0.2) is 41.1 Å². The van der Waals surface area contributed by atoms with Crippen LogP contribution in [0.1, 0.15) is 23.7 Å². The first kappa shape index (κ1) is 23.4. The Morgan fingerprint density at radius 3 is 2.48 bits per heavy atom. The first-order valence-corrected chi connectivity index (χ1v) is 11.0. The minimum absolute atomic E-state index is 0.104. The number of hydrogen-bond acceptors (Lipinski definition) is 5. The Morgan fingerprint density at radius 2 is 1.87 bits per heavy atom. The van der Waals surface area contributed by atoms with Gasteiger partial charge in [-0.05, 0) is 59.3 Å². The second-order valence-electron chi connectivity index (χ2n) is 6.49. The van der Waals surface area contributed by atoms with Crippen molar-refractivity contribution >= 4 is 79.9 Å². The second-order valence-corrected chi connectivity index (χ2v) is 8.65. The van der Waals surface area contributed by atoms with Crippen molar-refractivity contribution in [1.82, 2.24) is 20.3 Å². The van der Waals surface area contributed by atoms with Gasteiger partial charge in [-0.2, -0.15) is 0 Å². The molecule has 1 aliphatic rings. The quantitative estimate of drug-likeness (QED) is 0.539. The van der Waals surface area contributed by atoms with Crippen molar-refractivity contribution in [3.63, 3.8) is 0 Å². The Balaban J connectivity index is 1.78. The lowest BCUT2D eigenvalue weighted by Crippen LogP contribution is -2.49. The monoisotopic (exact) mass is 543 g/mol. The van der Waals surface area contributed by atoms with Crippen LogP contribution in [0, 0.1) is 0 Å². The third kappa shape index (κ3) is 5.51. The summed E-state index contributed by atoms with van der Waals surface area (Å²) in [6, 6.07) is 5.16. The summed E-state index contributed by atoms with van der Waals surface area (Å²) >= 11 is 20.5. The van der Waals surface area contributed by atoms with Crippen LogP contribution in [0.25, 0.3) is 0 Å². The number of thiocarbonyl (C=S) groups is 1. The number of nitrogens with one attached hydrogen (secondary N) is 2. The largest absolute Gasteiger partial charge is 0.326 e. The normalized spacial score (nSPS) is 15.9. The SMILES string of the molecule is CCN1C(=O)[C@H](CC(=O)Nc2cc(Cl)cc(Cl)c2)N(NC(=O)c2cncc(Br)c2)C1=S. The molecule has 1 fully saturated rings. The fourth-order valence-corrected chi connectivity index (χ4v) is 4.25. The summed E-state index contributed by atoms with van der Waals surface area (Å²) in [4.78, 5) is 43.4. The van der Waals surface area contributed by atoms with Gasteiger partial charge in [0.1, 0.15) is 6.04 Å². The van der Waals surface area contributed by atoms with Crippen LogP contribution in [-0.2, 0) is 9.59 Å². The highest BCUT2D eigenvalue weighted by Gasteiger charge is 2.44. The zero-order valence-corrected chi connectivity index (χ0v) is 20.0. The summed E-state index contributed by atoms with van der Waals surface area (Å²) in [6.07, 6.45) is 2.66. The lowest BCUT2D eigenvalue weighted by Gasteiger charge is -2.24. The lowest BCUT2D eigenvalue weighted by molar-refractivity contribution is -0.130. The van der Waals surface area contributed by atoms with Crippen molar-refractivity contribution in [2.24, 2.45) is 0 Å². The number of amides is 3. The molecular weight excluding hydrogens is 529 g/mol. The molecule has 2 aromatic rings. The van der Waals surface area contributed by atoms with Crippen LogP contribution in [0.2, 0.25) is 10.0 Å². The molecule has 0 aliphatic carbocycles. The van der Waals surface area contributed by atoms with E-state index in [0.29, 0.717) is 26.8 Å². The minimum Gasteiger partial charge on any atom is -0.326 e. The summed E-state index contributed by atoms with van der Waals surface area (Å²) in [5.41, 5.74) is 3.26. The van der Waals surface area contributed by atoms with Gasteiger partial charge in [-0.15, -0.1) is 0 Å².